The molecule has 0 N–H and O–H groups in total. The maximum atomic E-state index is 8.74. The molecule has 2 aromatic rings. The highest BCUT2D eigenvalue weighted by Crippen LogP contribution is 2.30. The molecule has 0 bridgehead atoms. The van der Waals surface area contributed by atoms with Crippen molar-refractivity contribution in [2.75, 3.05) is 0 Å². The van der Waals surface area contributed by atoms with Gasteiger partial charge in [-0.3, -0.25) is 0 Å². The van der Waals surface area contributed by atoms with Gasteiger partial charge in [0.05, 0.1) is 23.2 Å². The molecule has 1 aromatic heterocycles. The van der Waals surface area contributed by atoms with Crippen LogP contribution < -0.4 is 0 Å². The molecule has 0 saturated heterocycles. The Hall–Kier alpha value is -1.63. The second-order valence-corrected chi connectivity index (χ2v) is 4.20. The second-order valence-electron chi connectivity index (χ2n) is 3.36. The van der Waals surface area contributed by atoms with Gasteiger partial charge in [-0.2, -0.15) is 5.26 Å². The Kier molecular flexibility index (Phi) is 3.58. The van der Waals surface area contributed by atoms with Gasteiger partial charge in [-0.15, -0.1) is 0 Å². The minimum Gasteiger partial charge on any atom is -0.244 e. The standard InChI is InChI=1S/C12H7Cl2N3/c13-9-1-2-10(11(14)5-9)12-8(3-4-15)6-16-7-17-12/h1-2,5-7H,3H2. The van der Waals surface area contributed by atoms with E-state index in [0.717, 1.165) is 11.1 Å². The van der Waals surface area contributed by atoms with Crippen LogP contribution in [-0.2, 0) is 6.42 Å². The lowest BCUT2D eigenvalue weighted by Gasteiger charge is -2.07. The molecule has 1 aromatic carbocycles. The summed E-state index contributed by atoms with van der Waals surface area (Å²) in [4.78, 5) is 8.07. The highest BCUT2D eigenvalue weighted by Gasteiger charge is 2.10. The van der Waals surface area contributed by atoms with Crippen LogP contribution in [0.3, 0.4) is 0 Å². The van der Waals surface area contributed by atoms with Crippen LogP contribution in [-0.4, -0.2) is 9.97 Å². The molecule has 0 amide bonds. The van der Waals surface area contributed by atoms with Crippen molar-refractivity contribution in [1.82, 2.24) is 9.97 Å². The van der Waals surface area contributed by atoms with Crippen LogP contribution in [0.1, 0.15) is 5.56 Å². The summed E-state index contributed by atoms with van der Waals surface area (Å²) in [6.07, 6.45) is 3.30. The van der Waals surface area contributed by atoms with Gasteiger partial charge in [0.2, 0.25) is 0 Å². The maximum absolute atomic E-state index is 8.74. The lowest BCUT2D eigenvalue weighted by Crippen LogP contribution is -1.94. The highest BCUT2D eigenvalue weighted by molar-refractivity contribution is 6.36. The van der Waals surface area contributed by atoms with E-state index in [0.29, 0.717) is 15.7 Å². The summed E-state index contributed by atoms with van der Waals surface area (Å²) in [6.45, 7) is 0. The number of rotatable bonds is 2. The van der Waals surface area contributed by atoms with Gasteiger partial charge < -0.3 is 0 Å². The topological polar surface area (TPSA) is 49.6 Å². The average molecular weight is 264 g/mol. The van der Waals surface area contributed by atoms with Crippen LogP contribution in [0.2, 0.25) is 10.0 Å². The number of nitriles is 1. The fourth-order valence-electron chi connectivity index (χ4n) is 1.50. The fourth-order valence-corrected chi connectivity index (χ4v) is 2.00. The van der Waals surface area contributed by atoms with Crippen molar-refractivity contribution >= 4 is 23.2 Å². The van der Waals surface area contributed by atoms with Crippen molar-refractivity contribution in [2.24, 2.45) is 0 Å². The maximum Gasteiger partial charge on any atom is 0.116 e. The van der Waals surface area contributed by atoms with E-state index in [2.05, 4.69) is 16.0 Å². The smallest absolute Gasteiger partial charge is 0.116 e. The molecule has 3 nitrogen and oxygen atoms in total. The Morgan fingerprint density at radius 1 is 1.29 bits per heavy atom. The molecule has 17 heavy (non-hydrogen) atoms. The molecule has 0 aliphatic heterocycles. The lowest BCUT2D eigenvalue weighted by molar-refractivity contribution is 1.10. The zero-order chi connectivity index (χ0) is 12.3. The molecule has 0 unspecified atom stereocenters. The van der Waals surface area contributed by atoms with E-state index in [9.17, 15) is 0 Å². The largest absolute Gasteiger partial charge is 0.244 e. The van der Waals surface area contributed by atoms with Crippen LogP contribution in [0, 0.1) is 11.3 Å². The molecule has 0 fully saturated rings. The van der Waals surface area contributed by atoms with Crippen LogP contribution >= 0.6 is 23.2 Å². The summed E-state index contributed by atoms with van der Waals surface area (Å²) in [6, 6.07) is 7.25. The number of benzene rings is 1. The molecule has 0 spiro atoms. The zero-order valence-corrected chi connectivity index (χ0v) is 10.2. The molecular formula is C12H7Cl2N3. The summed E-state index contributed by atoms with van der Waals surface area (Å²) < 4.78 is 0. The first-order valence-electron chi connectivity index (χ1n) is 4.83. The summed E-state index contributed by atoms with van der Waals surface area (Å²) in [7, 11) is 0. The molecule has 2 rings (SSSR count). The first-order chi connectivity index (χ1) is 8.22. The second kappa shape index (κ2) is 5.13. The van der Waals surface area contributed by atoms with E-state index in [1.807, 2.05) is 0 Å². The number of hydrogen-bond acceptors (Lipinski definition) is 3. The minimum absolute atomic E-state index is 0.245. The van der Waals surface area contributed by atoms with Crippen molar-refractivity contribution in [3.63, 3.8) is 0 Å². The molecule has 0 aliphatic rings. The number of aromatic nitrogens is 2. The monoisotopic (exact) mass is 263 g/mol. The van der Waals surface area contributed by atoms with E-state index >= 15 is 0 Å². The SMILES string of the molecule is N#CCc1cncnc1-c1ccc(Cl)cc1Cl. The van der Waals surface area contributed by atoms with Gasteiger partial charge in [0.25, 0.3) is 0 Å². The van der Waals surface area contributed by atoms with Crippen LogP contribution in [0.25, 0.3) is 11.3 Å². The van der Waals surface area contributed by atoms with Gasteiger partial charge in [-0.1, -0.05) is 23.2 Å². The number of hydrogen-bond donors (Lipinski definition) is 0. The van der Waals surface area contributed by atoms with Crippen molar-refractivity contribution < 1.29 is 0 Å². The summed E-state index contributed by atoms with van der Waals surface area (Å²) >= 11 is 11.9. The number of nitrogens with zero attached hydrogens (tertiary/aromatic N) is 3. The molecular weight excluding hydrogens is 257 g/mol. The Morgan fingerprint density at radius 2 is 2.12 bits per heavy atom. The first kappa shape index (κ1) is 11.8. The van der Waals surface area contributed by atoms with Gasteiger partial charge in [0, 0.05) is 22.3 Å². The molecule has 5 heteroatoms. The van der Waals surface area contributed by atoms with Gasteiger partial charge in [-0.05, 0) is 18.2 Å². The molecule has 0 radical (unpaired) electrons. The third-order valence-electron chi connectivity index (χ3n) is 2.24. The zero-order valence-electron chi connectivity index (χ0n) is 8.69. The van der Waals surface area contributed by atoms with Gasteiger partial charge >= 0.3 is 0 Å². The van der Waals surface area contributed by atoms with Crippen molar-refractivity contribution in [2.45, 2.75) is 6.42 Å². The summed E-state index contributed by atoms with van der Waals surface area (Å²) in [5.74, 6) is 0. The summed E-state index contributed by atoms with van der Waals surface area (Å²) in [5, 5.41) is 9.82. The quantitative estimate of drug-likeness (QED) is 0.833. The Morgan fingerprint density at radius 3 is 2.82 bits per heavy atom. The lowest BCUT2D eigenvalue weighted by atomic mass is 10.1. The van der Waals surface area contributed by atoms with Crippen molar-refractivity contribution in [3.8, 4) is 17.3 Å². The van der Waals surface area contributed by atoms with Crippen LogP contribution in [0.4, 0.5) is 0 Å². The van der Waals surface area contributed by atoms with Crippen LogP contribution in [0.15, 0.2) is 30.7 Å². The molecule has 0 aliphatic carbocycles. The fraction of sp³-hybridized carbons (Fsp3) is 0.0833. The molecule has 84 valence electrons. The summed E-state index contributed by atoms with van der Waals surface area (Å²) in [5.41, 5.74) is 2.17. The molecule has 0 atom stereocenters. The third-order valence-corrected chi connectivity index (χ3v) is 2.79. The predicted octanol–water partition coefficient (Wildman–Crippen LogP) is 3.52. The van der Waals surface area contributed by atoms with Crippen LogP contribution in [0.5, 0.6) is 0 Å². The van der Waals surface area contributed by atoms with Gasteiger partial charge in [-0.25, -0.2) is 9.97 Å². The van der Waals surface area contributed by atoms with E-state index in [1.54, 1.807) is 24.4 Å². The third kappa shape index (κ3) is 2.55. The van der Waals surface area contributed by atoms with E-state index < -0.39 is 0 Å². The Labute approximate surface area is 109 Å². The Bertz CT molecular complexity index is 591. The Balaban J connectivity index is 2.57. The van der Waals surface area contributed by atoms with E-state index in [1.165, 1.54) is 6.33 Å². The van der Waals surface area contributed by atoms with Gasteiger partial charge in [0.15, 0.2) is 0 Å². The minimum atomic E-state index is 0.245. The van der Waals surface area contributed by atoms with Crippen molar-refractivity contribution in [3.05, 3.63) is 46.3 Å². The van der Waals surface area contributed by atoms with Crippen molar-refractivity contribution in [1.29, 1.82) is 5.26 Å². The van der Waals surface area contributed by atoms with E-state index in [4.69, 9.17) is 28.5 Å². The van der Waals surface area contributed by atoms with Gasteiger partial charge in [0.1, 0.15) is 6.33 Å². The first-order valence-corrected chi connectivity index (χ1v) is 5.59. The van der Waals surface area contributed by atoms with E-state index in [-0.39, 0.29) is 6.42 Å². The molecule has 0 saturated carbocycles. The predicted molar refractivity (Wildman–Crippen MR) is 66.8 cm³/mol. The highest BCUT2D eigenvalue weighted by atomic mass is 35.5. The average Bonchev–Trinajstić information content (AvgIpc) is 2.31. The molecule has 1 heterocycles. The normalized spacial score (nSPS) is 9.94. The number of halogens is 2.